The molecule has 698 valence electrons. The lowest BCUT2D eigenvalue weighted by Crippen LogP contribution is -2.39. The van der Waals surface area contributed by atoms with Gasteiger partial charge in [0.2, 0.25) is 16.3 Å². The number of likely N-dealkylation sites (tertiary alicyclic amines) is 2. The third-order valence-electron chi connectivity index (χ3n) is 24.5. The Hall–Kier alpha value is -14.8. The Morgan fingerprint density at radius 3 is 1.25 bits per heavy atom. The number of para-hydroxylation sites is 5. The van der Waals surface area contributed by atoms with E-state index in [9.17, 15) is 57.5 Å². The number of esters is 5. The van der Waals surface area contributed by atoms with Gasteiger partial charge in [-0.1, -0.05) is 78.4 Å². The van der Waals surface area contributed by atoms with Gasteiger partial charge in [0.15, 0.2) is 0 Å². The smallest absolute Gasteiger partial charge is 0.341 e. The minimum atomic E-state index is -1.05. The van der Waals surface area contributed by atoms with Crippen LogP contribution in [-0.2, 0) is 28.5 Å². The summed E-state index contributed by atoms with van der Waals surface area (Å²) in [6.45, 7) is 3.34. The number of aliphatic hydroxyl groups is 1. The summed E-state index contributed by atoms with van der Waals surface area (Å²) in [6.07, 6.45) is 13.2. The number of methoxy groups -OCH3 is 5. The number of carbonyl (C=O) groups excluding carboxylic acids is 8. The van der Waals surface area contributed by atoms with E-state index >= 15 is 0 Å². The number of Topliss-reactive ketones (excluding diaryl/α,β-unsaturated/α-hetero) is 1. The number of aliphatic hydroxyl groups excluding tert-OH is 1. The van der Waals surface area contributed by atoms with E-state index in [-0.39, 0.29) is 50.5 Å². The Labute approximate surface area is 794 Å². The van der Waals surface area contributed by atoms with E-state index in [4.69, 9.17) is 37.7 Å². The number of aromatic carboxylic acids is 1. The SMILES string of the molecule is CN1C2CCC1CC(=O)C2.CO.COC(=O)c1ccc(C(=O)OC)c(I)c1.COC(=O)c1ccc(C(=O)OC)c(Oc2ccccc2)c1.COC(=O)c1ccc2c(=O)c3ccccc3oc2c1.O=C(O)c1ccc2c(=O)c3ccccc3oc2c1.O=C(c1ccc2c(=O)c3ccccc3oc2c1)N1CCCC1.O=C(c1ccc2c(c1)Oc1ccccc1C2=C1CC2CCC(C1)N2)N1CCCC1. The van der Waals surface area contributed by atoms with Crippen molar-refractivity contribution in [1.82, 2.24) is 20.0 Å². The summed E-state index contributed by atoms with van der Waals surface area (Å²) in [4.78, 5) is 148. The van der Waals surface area contributed by atoms with E-state index < -0.39 is 35.8 Å². The maximum atomic E-state index is 12.9. The number of piperidine rings is 2. The van der Waals surface area contributed by atoms with Crippen LogP contribution in [0, 0.1) is 3.57 Å². The van der Waals surface area contributed by atoms with Crippen molar-refractivity contribution in [2.24, 2.45) is 0 Å². The highest BCUT2D eigenvalue weighted by Crippen LogP contribution is 2.49. The number of nitrogens with one attached hydrogen (secondary N) is 1. The van der Waals surface area contributed by atoms with E-state index in [2.05, 4.69) is 54.4 Å². The summed E-state index contributed by atoms with van der Waals surface area (Å²) in [5.74, 6) is -0.295. The monoisotopic (exact) mass is 1950 g/mol. The van der Waals surface area contributed by atoms with Crippen molar-refractivity contribution in [2.45, 2.75) is 101 Å². The van der Waals surface area contributed by atoms with E-state index in [0.717, 1.165) is 107 Å². The first-order chi connectivity index (χ1) is 65.9. The van der Waals surface area contributed by atoms with Crippen LogP contribution in [0.3, 0.4) is 0 Å². The van der Waals surface area contributed by atoms with Gasteiger partial charge in [-0.3, -0.25) is 33.7 Å². The molecule has 4 bridgehead atoms. The number of nitrogens with zero attached hydrogens (tertiary/aromatic N) is 3. The van der Waals surface area contributed by atoms with Gasteiger partial charge in [-0.25, -0.2) is 28.8 Å². The van der Waals surface area contributed by atoms with E-state index in [1.165, 1.54) is 126 Å². The number of hydrogen-bond acceptors (Lipinski definition) is 25. The van der Waals surface area contributed by atoms with Crippen molar-refractivity contribution in [2.75, 3.05) is 75.9 Å². The number of carboxylic acid groups (broad SMARTS) is 1. The van der Waals surface area contributed by atoms with Crippen molar-refractivity contribution in [3.05, 3.63) is 332 Å². The normalized spacial score (nSPS) is 16.3. The maximum absolute atomic E-state index is 12.9. The number of rotatable bonds is 10. The second kappa shape index (κ2) is 44.8. The lowest BCUT2D eigenvalue weighted by Gasteiger charge is -2.30. The summed E-state index contributed by atoms with van der Waals surface area (Å²) >= 11 is 1.97. The number of fused-ring (bicyclic) bond motifs is 12. The summed E-state index contributed by atoms with van der Waals surface area (Å²) in [5.41, 5.74) is 10.7. The summed E-state index contributed by atoms with van der Waals surface area (Å²) in [6, 6.07) is 69.9. The molecule has 0 saturated carbocycles. The van der Waals surface area contributed by atoms with Crippen LogP contribution in [0.2, 0.25) is 0 Å². The summed E-state index contributed by atoms with van der Waals surface area (Å²) in [7, 11) is 9.64. The highest BCUT2D eigenvalue weighted by atomic mass is 127. The second-order valence-corrected chi connectivity index (χ2v) is 34.0. The molecule has 0 spiro atoms. The summed E-state index contributed by atoms with van der Waals surface area (Å²) < 4.78 is 52.8. The number of ether oxygens (including phenoxy) is 7. The average molecular weight is 1950 g/mol. The van der Waals surface area contributed by atoms with Crippen LogP contribution < -0.4 is 31.1 Å². The van der Waals surface area contributed by atoms with Crippen LogP contribution in [0.5, 0.6) is 23.0 Å². The fourth-order valence-corrected chi connectivity index (χ4v) is 18.3. The molecule has 7 aliphatic rings. The minimum absolute atomic E-state index is 0.00945. The van der Waals surface area contributed by atoms with Crippen LogP contribution in [-0.4, -0.2) is 178 Å². The molecule has 3 N–H and O–H groups in total. The molecular weight excluding hydrogens is 1850 g/mol. The molecule has 21 rings (SSSR count). The van der Waals surface area contributed by atoms with Gasteiger partial charge in [0.05, 0.1) is 95.7 Å². The van der Waals surface area contributed by atoms with Crippen molar-refractivity contribution in [3.8, 4) is 23.0 Å². The van der Waals surface area contributed by atoms with Crippen molar-refractivity contribution < 1.29 is 99.8 Å². The molecule has 28 nitrogen and oxygen atoms in total. The number of carboxylic acids is 1. The number of ketones is 1. The minimum Gasteiger partial charge on any atom is -0.478 e. The lowest BCUT2D eigenvalue weighted by atomic mass is 9.84. The molecule has 29 heteroatoms. The van der Waals surface area contributed by atoms with Crippen LogP contribution in [0.4, 0.5) is 0 Å². The van der Waals surface area contributed by atoms with Crippen molar-refractivity contribution in [1.29, 1.82) is 0 Å². The first-order valence-electron chi connectivity index (χ1n) is 44.2. The van der Waals surface area contributed by atoms with Gasteiger partial charge in [0.1, 0.15) is 67.8 Å². The number of hydrogen-bond donors (Lipinski definition) is 3. The molecule has 7 aliphatic heterocycles. The predicted molar refractivity (Wildman–Crippen MR) is 521 cm³/mol. The molecule has 10 heterocycles. The molecular formula is C107H99IN4O24. The number of amides is 2. The van der Waals surface area contributed by atoms with Gasteiger partial charge in [0, 0.05) is 96.1 Å². The van der Waals surface area contributed by atoms with E-state index in [1.54, 1.807) is 127 Å². The molecule has 4 atom stereocenters. The largest absolute Gasteiger partial charge is 0.478 e. The molecule has 0 aliphatic carbocycles. The molecule has 11 aromatic carbocycles. The standard InChI is InChI=1S/C25H26N2O2.C18H15NO3.C16H14O5.C15H10O4.C14H8O4.C10H9IO4.C8H13NO.CH4O/c28-25(27-11-3-4-12-27)16-7-10-21-23(15-16)29-22-6-2-1-5-20(22)24(21)17-13-18-8-9-19(14-17)26-18;20-17-13-5-1-2-6-15(13)22-16-11-12(7-8-14(16)17)18(21)19-9-3-4-10-19;1-19-15(17)11-8-9-13(16(18)20-2)14(10-11)21-12-6-4-3-5-7-12;1-18-15(17)9-6-7-11-13(8-9)19-12-5-3-2-4-10(12)14(11)16;15-13-9-3-1-2-4-11(9)18-12-7-8(14(16)17)5-6-10(12)13;1-14-9(12)6-3-4-7(8(11)5-6)10(13)15-2;1-9-6-2-3-7(9)5-8(10)4-6;1-2/h1-2,5-7,10,15,18-19,26H,3-4,8-9,11-14H2;1-2,5-8,11H,3-4,9-10H2;3-10H,1-2H3;2-8H,1H3;1-7H,(H,16,17);3-5H,1-2H3;6-7H,2-5H2,1H3;2H,1H3. The fraction of sp³-hybridized carbons (Fsp3) is 0.252. The first kappa shape index (κ1) is 97.2. The molecule has 6 saturated heterocycles. The highest BCUT2D eigenvalue weighted by Gasteiger charge is 2.38. The molecule has 0 radical (unpaired) electrons. The molecule has 14 aromatic rings. The van der Waals surface area contributed by atoms with Crippen molar-refractivity contribution in [3.63, 3.8) is 0 Å². The molecule has 4 unspecified atom stereocenters. The molecule has 6 fully saturated rings. The number of benzene rings is 11. The predicted octanol–water partition coefficient (Wildman–Crippen LogP) is 18.6. The maximum Gasteiger partial charge on any atom is 0.341 e. The van der Waals surface area contributed by atoms with Crippen LogP contribution in [0.25, 0.3) is 71.4 Å². The van der Waals surface area contributed by atoms with Gasteiger partial charge in [-0.15, -0.1) is 0 Å². The summed E-state index contributed by atoms with van der Waals surface area (Å²) in [5, 5.41) is 22.6. The van der Waals surface area contributed by atoms with Crippen LogP contribution >= 0.6 is 22.6 Å². The van der Waals surface area contributed by atoms with Gasteiger partial charge in [0.25, 0.3) is 11.8 Å². The fourth-order valence-electron chi connectivity index (χ4n) is 17.6. The second-order valence-electron chi connectivity index (χ2n) is 32.8. The highest BCUT2D eigenvalue weighted by molar-refractivity contribution is 14.1. The zero-order valence-electron chi connectivity index (χ0n) is 75.7. The van der Waals surface area contributed by atoms with E-state index in [1.807, 2.05) is 74.9 Å². The van der Waals surface area contributed by atoms with Crippen LogP contribution in [0.15, 0.2) is 270 Å². The Morgan fingerprint density at radius 1 is 0.382 bits per heavy atom. The third-order valence-corrected chi connectivity index (χ3v) is 25.4. The average Bonchev–Trinajstić information content (AvgIpc) is 1.34. The quantitative estimate of drug-likeness (QED) is 0.0495. The topological polar surface area (TPSA) is 371 Å². The molecule has 2 amide bonds. The van der Waals surface area contributed by atoms with Gasteiger partial charge in [-0.05, 0) is 263 Å². The first-order valence-corrected chi connectivity index (χ1v) is 45.3. The van der Waals surface area contributed by atoms with Crippen LogP contribution in [0.1, 0.15) is 171 Å². The molecule has 3 aromatic heterocycles. The molecule has 136 heavy (non-hydrogen) atoms. The van der Waals surface area contributed by atoms with Gasteiger partial charge in [-0.2, -0.15) is 0 Å². The van der Waals surface area contributed by atoms with Gasteiger partial charge >= 0.3 is 35.8 Å². The Morgan fingerprint density at radius 2 is 0.765 bits per heavy atom. The van der Waals surface area contributed by atoms with Gasteiger partial charge < -0.3 is 71.7 Å². The zero-order chi connectivity index (χ0) is 96.4. The lowest BCUT2D eigenvalue weighted by molar-refractivity contribution is -0.123. The van der Waals surface area contributed by atoms with E-state index in [0.29, 0.717) is 127 Å². The van der Waals surface area contributed by atoms with Crippen molar-refractivity contribution >= 4 is 147 Å². The Kier molecular flexibility index (Phi) is 32.1. The Balaban J connectivity index is 0.000000129. The number of carbonyl (C=O) groups is 9. The zero-order valence-corrected chi connectivity index (χ0v) is 77.9. The number of halogens is 1. The Bertz CT molecular complexity index is 7100. The third kappa shape index (κ3) is 22.3.